The molecule has 0 aliphatic heterocycles. The number of nitrogens with zero attached hydrogens (tertiary/aromatic N) is 5. The molecule has 1 aromatic carbocycles. The standard InChI is InChI=1S/C27H41N7O4/c1-5-6-16-38-26-30-24(28-2)23-25(31-26)34(27(37)29-23)15-9-14-33(13-8-12-32(3)4)19-21-11-7-10-20(17-21)18-22(35)36/h7,10-11,17H,5-6,8-9,12-16,18-19H2,1-4H3,(H,29,37)(H,35,36)(H,28,30,31). The number of carboxylic acid groups (broad SMARTS) is 1. The van der Waals surface area contributed by atoms with Crippen LogP contribution in [-0.2, 0) is 24.3 Å². The second-order valence-electron chi connectivity index (χ2n) is 9.76. The van der Waals surface area contributed by atoms with Gasteiger partial charge >= 0.3 is 17.7 Å². The highest BCUT2D eigenvalue weighted by atomic mass is 16.5. The largest absolute Gasteiger partial charge is 0.481 e. The summed E-state index contributed by atoms with van der Waals surface area (Å²) in [6.45, 7) is 6.47. The van der Waals surface area contributed by atoms with E-state index < -0.39 is 5.97 Å². The van der Waals surface area contributed by atoms with Crippen LogP contribution in [0.4, 0.5) is 5.82 Å². The van der Waals surface area contributed by atoms with E-state index in [0.717, 1.165) is 56.4 Å². The predicted octanol–water partition coefficient (Wildman–Crippen LogP) is 2.81. The fourth-order valence-electron chi connectivity index (χ4n) is 4.37. The van der Waals surface area contributed by atoms with Crippen LogP contribution in [0.15, 0.2) is 29.1 Å². The highest BCUT2D eigenvalue weighted by Crippen LogP contribution is 2.20. The molecule has 0 aliphatic rings. The topological polar surface area (TPSA) is 129 Å². The number of carbonyl (C=O) groups is 1. The molecule has 0 unspecified atom stereocenters. The maximum absolute atomic E-state index is 12.8. The van der Waals surface area contributed by atoms with Crippen molar-refractivity contribution in [2.24, 2.45) is 0 Å². The van der Waals surface area contributed by atoms with Gasteiger partial charge < -0.3 is 25.0 Å². The lowest BCUT2D eigenvalue weighted by Gasteiger charge is -2.23. The summed E-state index contributed by atoms with van der Waals surface area (Å²) in [7, 11) is 5.87. The van der Waals surface area contributed by atoms with Gasteiger partial charge in [-0.3, -0.25) is 14.3 Å². The first-order valence-electron chi connectivity index (χ1n) is 13.3. The minimum atomic E-state index is -0.835. The van der Waals surface area contributed by atoms with Crippen molar-refractivity contribution in [2.45, 2.75) is 52.1 Å². The first-order valence-corrected chi connectivity index (χ1v) is 13.3. The van der Waals surface area contributed by atoms with E-state index >= 15 is 0 Å². The van der Waals surface area contributed by atoms with Gasteiger partial charge in [-0.1, -0.05) is 37.6 Å². The average molecular weight is 528 g/mol. The second-order valence-corrected chi connectivity index (χ2v) is 9.76. The van der Waals surface area contributed by atoms with E-state index in [0.29, 0.717) is 36.7 Å². The Labute approximate surface area is 223 Å². The summed E-state index contributed by atoms with van der Waals surface area (Å²) in [5.41, 5.74) is 2.75. The monoisotopic (exact) mass is 527 g/mol. The summed E-state index contributed by atoms with van der Waals surface area (Å²) in [5.74, 6) is -0.303. The molecule has 0 radical (unpaired) electrons. The van der Waals surface area contributed by atoms with E-state index in [-0.39, 0.29) is 18.1 Å². The van der Waals surface area contributed by atoms with E-state index in [4.69, 9.17) is 9.84 Å². The number of aliphatic carboxylic acids is 1. The molecule has 0 bridgehead atoms. The number of ether oxygens (including phenoxy) is 1. The molecular formula is C27H41N7O4. The van der Waals surface area contributed by atoms with Crippen LogP contribution in [0.25, 0.3) is 11.2 Å². The van der Waals surface area contributed by atoms with Gasteiger partial charge in [0.05, 0.1) is 13.0 Å². The lowest BCUT2D eigenvalue weighted by molar-refractivity contribution is -0.136. The molecule has 0 spiro atoms. The Balaban J connectivity index is 1.73. The number of hydrogen-bond donors (Lipinski definition) is 3. The number of carboxylic acids is 1. The molecule has 208 valence electrons. The summed E-state index contributed by atoms with van der Waals surface area (Å²) in [5, 5.41) is 12.2. The third-order valence-corrected chi connectivity index (χ3v) is 6.26. The van der Waals surface area contributed by atoms with Crippen molar-refractivity contribution < 1.29 is 14.6 Å². The van der Waals surface area contributed by atoms with Gasteiger partial charge in [0.15, 0.2) is 11.5 Å². The summed E-state index contributed by atoms with van der Waals surface area (Å²) >= 11 is 0. The van der Waals surface area contributed by atoms with Gasteiger partial charge in [0.1, 0.15) is 5.52 Å². The zero-order valence-electron chi connectivity index (χ0n) is 23.0. The van der Waals surface area contributed by atoms with Crippen molar-refractivity contribution in [2.75, 3.05) is 52.7 Å². The Kier molecular flexibility index (Phi) is 11.1. The predicted molar refractivity (Wildman–Crippen MR) is 149 cm³/mol. The zero-order chi connectivity index (χ0) is 27.5. The van der Waals surface area contributed by atoms with Crippen LogP contribution in [0.3, 0.4) is 0 Å². The third kappa shape index (κ3) is 8.56. The van der Waals surface area contributed by atoms with E-state index in [9.17, 15) is 9.59 Å². The van der Waals surface area contributed by atoms with Gasteiger partial charge in [-0.15, -0.1) is 0 Å². The van der Waals surface area contributed by atoms with Crippen molar-refractivity contribution in [3.05, 3.63) is 45.9 Å². The molecule has 0 saturated heterocycles. The van der Waals surface area contributed by atoms with E-state index in [1.807, 2.05) is 24.3 Å². The van der Waals surface area contributed by atoms with E-state index in [1.165, 1.54) is 0 Å². The van der Waals surface area contributed by atoms with Crippen LogP contribution in [0.5, 0.6) is 6.01 Å². The van der Waals surface area contributed by atoms with E-state index in [2.05, 4.69) is 51.1 Å². The molecular weight excluding hydrogens is 486 g/mol. The second kappa shape index (κ2) is 14.5. The maximum Gasteiger partial charge on any atom is 0.327 e. The molecule has 0 atom stereocenters. The summed E-state index contributed by atoms with van der Waals surface area (Å²) in [6.07, 6.45) is 3.67. The van der Waals surface area contributed by atoms with Crippen molar-refractivity contribution >= 4 is 23.0 Å². The number of aromatic amines is 1. The lowest BCUT2D eigenvalue weighted by atomic mass is 10.1. The van der Waals surface area contributed by atoms with Crippen molar-refractivity contribution in [1.29, 1.82) is 0 Å². The molecule has 0 aliphatic carbocycles. The van der Waals surface area contributed by atoms with Crippen molar-refractivity contribution in [3.8, 4) is 6.01 Å². The number of aromatic nitrogens is 4. The molecule has 0 saturated carbocycles. The molecule has 11 heteroatoms. The number of aryl methyl sites for hydroxylation is 1. The smallest absolute Gasteiger partial charge is 0.327 e. The Morgan fingerprint density at radius 3 is 2.61 bits per heavy atom. The quantitative estimate of drug-likeness (QED) is 0.227. The average Bonchev–Trinajstić information content (AvgIpc) is 3.18. The Morgan fingerprint density at radius 1 is 1.13 bits per heavy atom. The number of H-pyrrole nitrogens is 1. The van der Waals surface area contributed by atoms with Gasteiger partial charge in [-0.05, 0) is 57.6 Å². The number of benzene rings is 1. The first kappa shape index (κ1) is 29.1. The number of rotatable bonds is 17. The highest BCUT2D eigenvalue weighted by Gasteiger charge is 2.16. The van der Waals surface area contributed by atoms with Crippen LogP contribution in [0.2, 0.25) is 0 Å². The fraction of sp³-hybridized carbons (Fsp3) is 0.556. The van der Waals surface area contributed by atoms with Gasteiger partial charge in [-0.25, -0.2) is 4.79 Å². The van der Waals surface area contributed by atoms with Gasteiger partial charge in [0, 0.05) is 26.7 Å². The Bertz CT molecular complexity index is 1240. The lowest BCUT2D eigenvalue weighted by Crippen LogP contribution is -2.29. The summed E-state index contributed by atoms with van der Waals surface area (Å²) in [6, 6.07) is 8.02. The molecule has 0 amide bonds. The van der Waals surface area contributed by atoms with Crippen molar-refractivity contribution in [1.82, 2.24) is 29.3 Å². The molecule has 38 heavy (non-hydrogen) atoms. The molecule has 3 aromatic rings. The minimum absolute atomic E-state index is 0.0125. The molecule has 3 N–H and O–H groups in total. The third-order valence-electron chi connectivity index (χ3n) is 6.26. The number of unbranched alkanes of at least 4 members (excludes halogenated alkanes) is 1. The normalized spacial score (nSPS) is 11.5. The van der Waals surface area contributed by atoms with Gasteiger partial charge in [0.2, 0.25) is 0 Å². The fourth-order valence-corrected chi connectivity index (χ4v) is 4.37. The minimum Gasteiger partial charge on any atom is -0.481 e. The number of hydrogen-bond acceptors (Lipinski definition) is 8. The SMILES string of the molecule is CCCCOc1nc(NC)c2[nH]c(=O)n(CCCN(CCCN(C)C)Cc3cccc(CC(=O)O)c3)c2n1. The van der Waals surface area contributed by atoms with Crippen LogP contribution in [-0.4, -0.2) is 87.8 Å². The van der Waals surface area contributed by atoms with Crippen LogP contribution >= 0.6 is 0 Å². The number of imidazole rings is 1. The maximum atomic E-state index is 12.8. The first-order chi connectivity index (χ1) is 18.3. The zero-order valence-corrected chi connectivity index (χ0v) is 23.0. The number of nitrogens with one attached hydrogen (secondary N) is 2. The molecule has 3 rings (SSSR count). The molecule has 2 aromatic heterocycles. The highest BCUT2D eigenvalue weighted by molar-refractivity contribution is 5.83. The molecule has 2 heterocycles. The summed E-state index contributed by atoms with van der Waals surface area (Å²) < 4.78 is 7.38. The van der Waals surface area contributed by atoms with Crippen LogP contribution in [0, 0.1) is 0 Å². The van der Waals surface area contributed by atoms with Crippen LogP contribution < -0.4 is 15.7 Å². The Hall–Kier alpha value is -3.44. The van der Waals surface area contributed by atoms with Crippen molar-refractivity contribution in [3.63, 3.8) is 0 Å². The summed E-state index contributed by atoms with van der Waals surface area (Å²) in [4.78, 5) is 40.3. The Morgan fingerprint density at radius 2 is 1.89 bits per heavy atom. The van der Waals surface area contributed by atoms with Crippen LogP contribution in [0.1, 0.15) is 43.7 Å². The number of fused-ring (bicyclic) bond motifs is 1. The van der Waals surface area contributed by atoms with Gasteiger partial charge in [0.25, 0.3) is 0 Å². The molecule has 11 nitrogen and oxygen atoms in total. The van der Waals surface area contributed by atoms with E-state index in [1.54, 1.807) is 11.6 Å². The number of anilines is 1. The van der Waals surface area contributed by atoms with Gasteiger partial charge in [-0.2, -0.15) is 9.97 Å². The molecule has 0 fully saturated rings.